The molecular weight excluding hydrogens is 384 g/mol. The SMILES string of the molecule is C[C@H]1CCC[C@H](C)N1CCCNC(=O)c1ccc2nc(N3CCOCC3)sc2c1. The van der Waals surface area contributed by atoms with E-state index in [0.717, 1.165) is 60.2 Å². The topological polar surface area (TPSA) is 57.7 Å². The summed E-state index contributed by atoms with van der Waals surface area (Å²) in [6.07, 6.45) is 4.91. The van der Waals surface area contributed by atoms with Crippen molar-refractivity contribution in [3.05, 3.63) is 23.8 Å². The monoisotopic (exact) mass is 416 g/mol. The van der Waals surface area contributed by atoms with Gasteiger partial charge >= 0.3 is 0 Å². The molecule has 2 saturated heterocycles. The molecule has 2 aliphatic heterocycles. The van der Waals surface area contributed by atoms with Crippen LogP contribution >= 0.6 is 11.3 Å². The summed E-state index contributed by atoms with van der Waals surface area (Å²) in [7, 11) is 0. The zero-order chi connectivity index (χ0) is 20.2. The number of nitrogens with zero attached hydrogens (tertiary/aromatic N) is 3. The van der Waals surface area contributed by atoms with E-state index in [1.54, 1.807) is 11.3 Å². The Labute approximate surface area is 177 Å². The second kappa shape index (κ2) is 9.41. The Morgan fingerprint density at radius 2 is 2.00 bits per heavy atom. The minimum absolute atomic E-state index is 0.00737. The van der Waals surface area contributed by atoms with E-state index in [4.69, 9.17) is 9.72 Å². The molecule has 0 spiro atoms. The molecule has 0 radical (unpaired) electrons. The first-order valence-corrected chi connectivity index (χ1v) is 11.7. The van der Waals surface area contributed by atoms with Crippen molar-refractivity contribution in [3.63, 3.8) is 0 Å². The number of hydrogen-bond donors (Lipinski definition) is 1. The quantitative estimate of drug-likeness (QED) is 0.730. The van der Waals surface area contributed by atoms with Gasteiger partial charge in [-0.25, -0.2) is 4.98 Å². The predicted molar refractivity (Wildman–Crippen MR) is 119 cm³/mol. The van der Waals surface area contributed by atoms with Gasteiger partial charge in [0, 0.05) is 43.8 Å². The van der Waals surface area contributed by atoms with Crippen LogP contribution < -0.4 is 10.2 Å². The van der Waals surface area contributed by atoms with E-state index in [2.05, 4.69) is 29.0 Å². The molecule has 0 bridgehead atoms. The van der Waals surface area contributed by atoms with Crippen LogP contribution in [-0.2, 0) is 4.74 Å². The Morgan fingerprint density at radius 1 is 1.24 bits per heavy atom. The van der Waals surface area contributed by atoms with Crippen LogP contribution in [0.4, 0.5) is 5.13 Å². The van der Waals surface area contributed by atoms with Gasteiger partial charge in [-0.2, -0.15) is 0 Å². The fourth-order valence-electron chi connectivity index (χ4n) is 4.42. The smallest absolute Gasteiger partial charge is 0.251 e. The average molecular weight is 417 g/mol. The molecule has 1 N–H and O–H groups in total. The van der Waals surface area contributed by atoms with Crippen LogP contribution in [0.25, 0.3) is 10.2 Å². The average Bonchev–Trinajstić information content (AvgIpc) is 3.17. The number of nitrogens with one attached hydrogen (secondary N) is 1. The molecule has 7 heteroatoms. The van der Waals surface area contributed by atoms with Crippen molar-refractivity contribution in [1.82, 2.24) is 15.2 Å². The maximum Gasteiger partial charge on any atom is 0.251 e. The minimum atomic E-state index is 0.00737. The van der Waals surface area contributed by atoms with Crippen LogP contribution in [0.2, 0.25) is 0 Å². The lowest BCUT2D eigenvalue weighted by atomic mass is 9.97. The summed E-state index contributed by atoms with van der Waals surface area (Å²) < 4.78 is 6.49. The number of morpholine rings is 1. The molecule has 158 valence electrons. The maximum absolute atomic E-state index is 12.6. The number of carbonyl (C=O) groups is 1. The number of ether oxygens (including phenoxy) is 1. The Morgan fingerprint density at radius 3 is 2.76 bits per heavy atom. The zero-order valence-corrected chi connectivity index (χ0v) is 18.3. The lowest BCUT2D eigenvalue weighted by Gasteiger charge is -2.39. The number of rotatable bonds is 6. The highest BCUT2D eigenvalue weighted by Gasteiger charge is 2.23. The number of anilines is 1. The second-order valence-corrected chi connectivity index (χ2v) is 9.26. The Hall–Kier alpha value is -1.70. The number of hydrogen-bond acceptors (Lipinski definition) is 6. The summed E-state index contributed by atoms with van der Waals surface area (Å²) in [6.45, 7) is 9.67. The number of fused-ring (bicyclic) bond motifs is 1. The normalized spacial score (nSPS) is 23.4. The largest absolute Gasteiger partial charge is 0.378 e. The van der Waals surface area contributed by atoms with Gasteiger partial charge in [0.05, 0.1) is 23.4 Å². The molecule has 1 aromatic heterocycles. The van der Waals surface area contributed by atoms with Crippen LogP contribution in [0.3, 0.4) is 0 Å². The first kappa shape index (κ1) is 20.6. The number of benzene rings is 1. The summed E-state index contributed by atoms with van der Waals surface area (Å²) in [6, 6.07) is 7.13. The van der Waals surface area contributed by atoms with E-state index in [-0.39, 0.29) is 5.91 Å². The molecule has 0 saturated carbocycles. The van der Waals surface area contributed by atoms with Crippen molar-refractivity contribution in [2.24, 2.45) is 0 Å². The molecule has 0 aliphatic carbocycles. The van der Waals surface area contributed by atoms with Crippen molar-refractivity contribution in [1.29, 1.82) is 0 Å². The summed E-state index contributed by atoms with van der Waals surface area (Å²) >= 11 is 1.66. The Kier molecular flexibility index (Phi) is 6.67. The molecule has 4 rings (SSSR count). The second-order valence-electron chi connectivity index (χ2n) is 8.25. The van der Waals surface area contributed by atoms with Crippen LogP contribution in [0.5, 0.6) is 0 Å². The lowest BCUT2D eigenvalue weighted by molar-refractivity contribution is 0.0925. The van der Waals surface area contributed by atoms with E-state index in [9.17, 15) is 4.79 Å². The molecular formula is C22H32N4O2S. The van der Waals surface area contributed by atoms with E-state index >= 15 is 0 Å². The molecule has 2 fully saturated rings. The highest BCUT2D eigenvalue weighted by molar-refractivity contribution is 7.22. The van der Waals surface area contributed by atoms with Crippen molar-refractivity contribution in [2.75, 3.05) is 44.3 Å². The number of piperidine rings is 1. The summed E-state index contributed by atoms with van der Waals surface area (Å²) in [5, 5.41) is 4.11. The Bertz CT molecular complexity index is 823. The highest BCUT2D eigenvalue weighted by atomic mass is 32.1. The molecule has 3 heterocycles. The van der Waals surface area contributed by atoms with E-state index in [0.29, 0.717) is 18.6 Å². The molecule has 1 amide bonds. The first-order valence-electron chi connectivity index (χ1n) is 10.9. The van der Waals surface area contributed by atoms with Gasteiger partial charge in [-0.1, -0.05) is 17.8 Å². The third-order valence-corrected chi connectivity index (χ3v) is 7.25. The number of thiazole rings is 1. The van der Waals surface area contributed by atoms with Crippen molar-refractivity contribution >= 4 is 32.6 Å². The predicted octanol–water partition coefficient (Wildman–Crippen LogP) is 3.52. The fraction of sp³-hybridized carbons (Fsp3) is 0.636. The maximum atomic E-state index is 12.6. The third-order valence-electron chi connectivity index (χ3n) is 6.18. The molecule has 6 nitrogen and oxygen atoms in total. The molecule has 1 aromatic carbocycles. The highest BCUT2D eigenvalue weighted by Crippen LogP contribution is 2.30. The van der Waals surface area contributed by atoms with Gasteiger partial charge in [-0.3, -0.25) is 9.69 Å². The van der Waals surface area contributed by atoms with E-state index in [1.807, 2.05) is 18.2 Å². The zero-order valence-electron chi connectivity index (χ0n) is 17.5. The van der Waals surface area contributed by atoms with E-state index in [1.165, 1.54) is 19.3 Å². The van der Waals surface area contributed by atoms with E-state index < -0.39 is 0 Å². The molecule has 0 unspecified atom stereocenters. The molecule has 2 aliphatic rings. The van der Waals surface area contributed by atoms with Crippen molar-refractivity contribution in [2.45, 2.75) is 51.6 Å². The van der Waals surface area contributed by atoms with Gasteiger partial charge < -0.3 is 15.0 Å². The summed E-state index contributed by atoms with van der Waals surface area (Å²) in [5.41, 5.74) is 1.68. The van der Waals surface area contributed by atoms with Gasteiger partial charge in [-0.15, -0.1) is 0 Å². The number of likely N-dealkylation sites (tertiary alicyclic amines) is 1. The number of aromatic nitrogens is 1. The third kappa shape index (κ3) is 4.90. The van der Waals surface area contributed by atoms with Crippen molar-refractivity contribution in [3.8, 4) is 0 Å². The lowest BCUT2D eigenvalue weighted by Crippen LogP contribution is -2.44. The van der Waals surface area contributed by atoms with Crippen LogP contribution in [0.1, 0.15) is 49.9 Å². The minimum Gasteiger partial charge on any atom is -0.378 e. The van der Waals surface area contributed by atoms with Gasteiger partial charge in [0.2, 0.25) is 0 Å². The molecule has 2 aromatic rings. The van der Waals surface area contributed by atoms with Crippen molar-refractivity contribution < 1.29 is 9.53 Å². The van der Waals surface area contributed by atoms with Crippen LogP contribution in [-0.4, -0.2) is 67.3 Å². The molecule has 2 atom stereocenters. The van der Waals surface area contributed by atoms with Gasteiger partial charge in [0.1, 0.15) is 0 Å². The summed E-state index contributed by atoms with van der Waals surface area (Å²) in [4.78, 5) is 22.2. The first-order chi connectivity index (χ1) is 14.1. The fourth-order valence-corrected chi connectivity index (χ4v) is 5.48. The standard InChI is InChI=1S/C22H32N4O2S/c1-16-5-3-6-17(2)26(16)10-4-9-23-21(27)18-7-8-19-20(15-18)29-22(24-19)25-11-13-28-14-12-25/h7-8,15-17H,3-6,9-14H2,1-2H3,(H,23,27)/t16-,17-/m0/s1. The van der Waals surface area contributed by atoms with Gasteiger partial charge in [0.15, 0.2) is 5.13 Å². The van der Waals surface area contributed by atoms with Crippen LogP contribution in [0.15, 0.2) is 18.2 Å². The number of amides is 1. The Balaban J connectivity index is 1.31. The summed E-state index contributed by atoms with van der Waals surface area (Å²) in [5.74, 6) is 0.00737. The van der Waals surface area contributed by atoms with Crippen LogP contribution in [0, 0.1) is 0 Å². The number of carbonyl (C=O) groups excluding carboxylic acids is 1. The van der Waals surface area contributed by atoms with Gasteiger partial charge in [0.25, 0.3) is 5.91 Å². The molecule has 29 heavy (non-hydrogen) atoms. The van der Waals surface area contributed by atoms with Gasteiger partial charge in [-0.05, 0) is 51.3 Å².